The predicted octanol–water partition coefficient (Wildman–Crippen LogP) is 2.62. The number of nitrogens with zero attached hydrogens (tertiary/aromatic N) is 1. The number of amides is 1. The maximum atomic E-state index is 11.8. The third kappa shape index (κ3) is 2.92. The van der Waals surface area contributed by atoms with E-state index in [2.05, 4.69) is 22.6 Å². The highest BCUT2D eigenvalue weighted by Gasteiger charge is 2.38. The first-order valence-electron chi connectivity index (χ1n) is 4.98. The molecule has 98 valence electrons. The van der Waals surface area contributed by atoms with Crippen molar-refractivity contribution in [2.24, 2.45) is 0 Å². The number of halogens is 3. The fourth-order valence-electron chi connectivity index (χ4n) is 1.77. The second kappa shape index (κ2) is 5.15. The Hall–Kier alpha value is -0.0500. The van der Waals surface area contributed by atoms with Crippen molar-refractivity contribution in [1.82, 2.24) is 0 Å². The van der Waals surface area contributed by atoms with Crippen LogP contribution in [0.2, 0.25) is 5.02 Å². The van der Waals surface area contributed by atoms with Gasteiger partial charge in [0.1, 0.15) is 5.25 Å². The molecule has 8 heteroatoms. The van der Waals surface area contributed by atoms with Crippen molar-refractivity contribution in [1.29, 1.82) is 0 Å². The summed E-state index contributed by atoms with van der Waals surface area (Å²) in [5.41, 5.74) is 0.636. The molecule has 1 aromatic rings. The van der Waals surface area contributed by atoms with E-state index in [0.717, 1.165) is 3.57 Å². The molecule has 1 amide bonds. The summed E-state index contributed by atoms with van der Waals surface area (Å²) in [6, 6.07) is 5.10. The minimum atomic E-state index is -3.71. The maximum absolute atomic E-state index is 11.8. The molecule has 1 saturated heterocycles. The molecule has 0 saturated carbocycles. The monoisotopic (exact) mass is 419 g/mol. The van der Waals surface area contributed by atoms with Crippen LogP contribution in [0.1, 0.15) is 6.42 Å². The van der Waals surface area contributed by atoms with Gasteiger partial charge in [-0.05, 0) is 40.8 Å². The Labute approximate surface area is 128 Å². The highest BCUT2D eigenvalue weighted by Crippen LogP contribution is 2.30. The highest BCUT2D eigenvalue weighted by molar-refractivity contribution is 14.1. The zero-order chi connectivity index (χ0) is 13.5. The van der Waals surface area contributed by atoms with Gasteiger partial charge in [0.25, 0.3) is 0 Å². The number of hydrogen-bond donors (Lipinski definition) is 0. The molecule has 1 unspecified atom stereocenters. The van der Waals surface area contributed by atoms with Gasteiger partial charge in [0.05, 0.1) is 5.02 Å². The first kappa shape index (κ1) is 14.4. The van der Waals surface area contributed by atoms with Gasteiger partial charge in [0.15, 0.2) is 0 Å². The summed E-state index contributed by atoms with van der Waals surface area (Å²) in [4.78, 5) is 13.2. The van der Waals surface area contributed by atoms with Crippen LogP contribution in [0.25, 0.3) is 0 Å². The average Bonchev–Trinajstić information content (AvgIpc) is 2.64. The van der Waals surface area contributed by atoms with Crippen LogP contribution in [0.4, 0.5) is 5.69 Å². The van der Waals surface area contributed by atoms with Gasteiger partial charge in [-0.1, -0.05) is 11.6 Å². The van der Waals surface area contributed by atoms with Crippen LogP contribution in [0.5, 0.6) is 0 Å². The summed E-state index contributed by atoms with van der Waals surface area (Å²) in [5, 5.41) is -0.257. The summed E-state index contributed by atoms with van der Waals surface area (Å²) in [7, 11) is 1.57. The van der Waals surface area contributed by atoms with E-state index in [1.807, 2.05) is 0 Å². The van der Waals surface area contributed by atoms with Gasteiger partial charge >= 0.3 is 0 Å². The lowest BCUT2D eigenvalue weighted by atomic mass is 10.3. The summed E-state index contributed by atoms with van der Waals surface area (Å²) in [6.45, 7) is 0.0857. The predicted molar refractivity (Wildman–Crippen MR) is 79.7 cm³/mol. The normalized spacial score (nSPS) is 20.5. The number of carbonyl (C=O) groups excluding carboxylic acids is 1. The fraction of sp³-hybridized carbons (Fsp3) is 0.300. The van der Waals surface area contributed by atoms with Crippen molar-refractivity contribution in [3.05, 3.63) is 26.8 Å². The van der Waals surface area contributed by atoms with E-state index in [1.165, 1.54) is 4.90 Å². The summed E-state index contributed by atoms with van der Waals surface area (Å²) >= 11 is 7.95. The Morgan fingerprint density at radius 3 is 2.56 bits per heavy atom. The number of rotatable bonds is 2. The summed E-state index contributed by atoms with van der Waals surface area (Å²) in [6.07, 6.45) is -0.0783. The summed E-state index contributed by atoms with van der Waals surface area (Å²) < 4.78 is 23.3. The van der Waals surface area contributed by atoms with Crippen molar-refractivity contribution in [2.75, 3.05) is 11.4 Å². The smallest absolute Gasteiger partial charge is 0.237 e. The standard InChI is InChI=1S/C10H8Cl2INO3S/c11-8-2-1-6(3-9(8)13)14-5-7(4-10(14)15)18(12,16)17/h1-3,7H,4-5H2. The van der Waals surface area contributed by atoms with Crippen LogP contribution >= 0.6 is 44.9 Å². The molecule has 0 bridgehead atoms. The largest absolute Gasteiger partial charge is 0.311 e. The van der Waals surface area contributed by atoms with Crippen molar-refractivity contribution >= 4 is 65.5 Å². The number of carbonyl (C=O) groups is 1. The van der Waals surface area contributed by atoms with Gasteiger partial charge in [0, 0.05) is 32.9 Å². The lowest BCUT2D eigenvalue weighted by Gasteiger charge is -2.16. The molecule has 4 nitrogen and oxygen atoms in total. The van der Waals surface area contributed by atoms with Crippen LogP contribution in [0, 0.1) is 3.57 Å². The zero-order valence-corrected chi connectivity index (χ0v) is 13.4. The van der Waals surface area contributed by atoms with E-state index in [0.29, 0.717) is 10.7 Å². The van der Waals surface area contributed by atoms with E-state index in [1.54, 1.807) is 18.2 Å². The Morgan fingerprint density at radius 1 is 1.39 bits per heavy atom. The molecule has 1 heterocycles. The van der Waals surface area contributed by atoms with Crippen LogP contribution in [-0.4, -0.2) is 26.1 Å². The zero-order valence-electron chi connectivity index (χ0n) is 8.94. The molecule has 0 aliphatic carbocycles. The van der Waals surface area contributed by atoms with Crippen LogP contribution in [0.15, 0.2) is 18.2 Å². The molecule has 18 heavy (non-hydrogen) atoms. The van der Waals surface area contributed by atoms with Crippen molar-refractivity contribution in [3.63, 3.8) is 0 Å². The second-order valence-electron chi connectivity index (χ2n) is 3.90. The Morgan fingerprint density at radius 2 is 2.06 bits per heavy atom. The lowest BCUT2D eigenvalue weighted by Crippen LogP contribution is -2.26. The molecule has 0 N–H and O–H groups in total. The van der Waals surface area contributed by atoms with E-state index in [-0.39, 0.29) is 18.9 Å². The molecule has 1 aliphatic rings. The molecule has 2 rings (SSSR count). The fourth-order valence-corrected chi connectivity index (χ4v) is 3.41. The molecule has 0 aromatic heterocycles. The van der Waals surface area contributed by atoms with E-state index in [4.69, 9.17) is 22.3 Å². The Bertz CT molecular complexity index is 605. The van der Waals surface area contributed by atoms with Crippen LogP contribution in [0.3, 0.4) is 0 Å². The van der Waals surface area contributed by atoms with E-state index >= 15 is 0 Å². The number of anilines is 1. The van der Waals surface area contributed by atoms with Gasteiger partial charge in [-0.25, -0.2) is 8.42 Å². The second-order valence-corrected chi connectivity index (χ2v) is 8.38. The van der Waals surface area contributed by atoms with Gasteiger partial charge in [-0.2, -0.15) is 0 Å². The maximum Gasteiger partial charge on any atom is 0.237 e. The highest BCUT2D eigenvalue weighted by atomic mass is 127. The SMILES string of the molecule is O=C1CC(S(=O)(=O)Cl)CN1c1ccc(Cl)c(I)c1. The molecule has 0 spiro atoms. The summed E-state index contributed by atoms with van der Waals surface area (Å²) in [5.74, 6) is -0.248. The van der Waals surface area contributed by atoms with Gasteiger partial charge in [-0.3, -0.25) is 4.79 Å². The molecular formula is C10H8Cl2INO3S. The molecular weight excluding hydrogens is 412 g/mol. The molecule has 0 radical (unpaired) electrons. The third-order valence-electron chi connectivity index (χ3n) is 2.70. The third-order valence-corrected chi connectivity index (χ3v) is 6.11. The minimum Gasteiger partial charge on any atom is -0.311 e. The topological polar surface area (TPSA) is 54.5 Å². The van der Waals surface area contributed by atoms with E-state index in [9.17, 15) is 13.2 Å². The lowest BCUT2D eigenvalue weighted by molar-refractivity contribution is -0.117. The molecule has 1 fully saturated rings. The van der Waals surface area contributed by atoms with Crippen LogP contribution < -0.4 is 4.90 Å². The quantitative estimate of drug-likeness (QED) is 0.547. The minimum absolute atomic E-state index is 0.0783. The average molecular weight is 420 g/mol. The van der Waals surface area contributed by atoms with Crippen molar-refractivity contribution in [3.8, 4) is 0 Å². The van der Waals surface area contributed by atoms with Gasteiger partial charge < -0.3 is 4.90 Å². The molecule has 1 atom stereocenters. The van der Waals surface area contributed by atoms with Crippen LogP contribution in [-0.2, 0) is 13.8 Å². The Kier molecular flexibility index (Phi) is 4.10. The van der Waals surface area contributed by atoms with E-state index < -0.39 is 14.3 Å². The number of hydrogen-bond acceptors (Lipinski definition) is 3. The molecule has 1 aromatic carbocycles. The van der Waals surface area contributed by atoms with Gasteiger partial charge in [-0.15, -0.1) is 0 Å². The van der Waals surface area contributed by atoms with Crippen molar-refractivity contribution in [2.45, 2.75) is 11.7 Å². The first-order valence-corrected chi connectivity index (χ1v) is 8.81. The van der Waals surface area contributed by atoms with Gasteiger partial charge in [0.2, 0.25) is 15.0 Å². The number of benzene rings is 1. The Balaban J connectivity index is 2.30. The van der Waals surface area contributed by atoms with Crippen molar-refractivity contribution < 1.29 is 13.2 Å². The first-order chi connectivity index (χ1) is 8.29. The molecule has 1 aliphatic heterocycles.